The lowest BCUT2D eigenvalue weighted by atomic mass is 10.1. The zero-order valence-electron chi connectivity index (χ0n) is 11.2. The number of carbonyl (C=O) groups excluding carboxylic acids is 2. The first-order valence-electron chi connectivity index (χ1n) is 6.02. The van der Waals surface area contributed by atoms with Crippen LogP contribution in [0.5, 0.6) is 0 Å². The minimum atomic E-state index is -0.478. The molecule has 1 N–H and O–H groups in total. The Morgan fingerprint density at radius 3 is 2.60 bits per heavy atom. The number of ether oxygens (including phenoxy) is 1. The van der Waals surface area contributed by atoms with Gasteiger partial charge in [0.25, 0.3) is 5.91 Å². The molecule has 0 bridgehead atoms. The third-order valence-corrected chi connectivity index (χ3v) is 2.70. The number of hydrogen-bond acceptors (Lipinski definition) is 4. The molecule has 0 saturated heterocycles. The van der Waals surface area contributed by atoms with Crippen LogP contribution >= 0.6 is 0 Å². The average Bonchev–Trinajstić information content (AvgIpc) is 2.46. The second kappa shape index (κ2) is 5.97. The number of esters is 1. The van der Waals surface area contributed by atoms with E-state index in [9.17, 15) is 9.59 Å². The van der Waals surface area contributed by atoms with E-state index in [1.54, 1.807) is 30.5 Å². The second-order valence-electron chi connectivity index (χ2n) is 4.24. The molecule has 0 aliphatic heterocycles. The van der Waals surface area contributed by atoms with Crippen LogP contribution in [-0.2, 0) is 4.74 Å². The summed E-state index contributed by atoms with van der Waals surface area (Å²) in [5.74, 6) is -0.333. The number of aryl methyl sites for hydroxylation is 1. The predicted molar refractivity (Wildman–Crippen MR) is 74.7 cm³/mol. The van der Waals surface area contributed by atoms with Crippen molar-refractivity contribution in [3.8, 4) is 0 Å². The highest BCUT2D eigenvalue weighted by Crippen LogP contribution is 2.10. The smallest absolute Gasteiger partial charge is 0.337 e. The third kappa shape index (κ3) is 3.20. The molecule has 0 fully saturated rings. The number of anilines is 1. The molecule has 2 rings (SSSR count). The number of rotatable bonds is 3. The fourth-order valence-corrected chi connectivity index (χ4v) is 1.70. The van der Waals surface area contributed by atoms with E-state index in [0.717, 1.165) is 5.56 Å². The zero-order valence-corrected chi connectivity index (χ0v) is 11.2. The number of amides is 1. The minimum absolute atomic E-state index is 0.325. The Bertz CT molecular complexity index is 653. The first-order chi connectivity index (χ1) is 9.60. The number of carbonyl (C=O) groups is 2. The standard InChI is InChI=1S/C15H14N2O3/c1-10-6-7-16-13(8-10)17-14(18)11-4-3-5-12(9-11)15(19)20-2/h3-9H,1-2H3,(H,16,17,18). The summed E-state index contributed by atoms with van der Waals surface area (Å²) in [5, 5.41) is 2.68. The van der Waals surface area contributed by atoms with Crippen molar-refractivity contribution in [3.63, 3.8) is 0 Å². The van der Waals surface area contributed by atoms with Crippen molar-refractivity contribution in [1.82, 2.24) is 4.98 Å². The monoisotopic (exact) mass is 270 g/mol. The molecule has 0 atom stereocenters. The van der Waals surface area contributed by atoms with Crippen LogP contribution in [0.1, 0.15) is 26.3 Å². The van der Waals surface area contributed by atoms with Crippen molar-refractivity contribution in [2.45, 2.75) is 6.92 Å². The second-order valence-corrected chi connectivity index (χ2v) is 4.24. The molecule has 1 amide bonds. The summed E-state index contributed by atoms with van der Waals surface area (Å²) >= 11 is 0. The lowest BCUT2D eigenvalue weighted by Crippen LogP contribution is -2.14. The molecule has 0 aliphatic rings. The number of hydrogen-bond donors (Lipinski definition) is 1. The van der Waals surface area contributed by atoms with Gasteiger partial charge in [0.15, 0.2) is 0 Å². The Kier molecular flexibility index (Phi) is 4.10. The van der Waals surface area contributed by atoms with Gasteiger partial charge in [-0.2, -0.15) is 0 Å². The first kappa shape index (κ1) is 13.7. The fraction of sp³-hybridized carbons (Fsp3) is 0.133. The highest BCUT2D eigenvalue weighted by Gasteiger charge is 2.11. The predicted octanol–water partition coefficient (Wildman–Crippen LogP) is 2.43. The van der Waals surface area contributed by atoms with Crippen LogP contribution in [-0.4, -0.2) is 24.0 Å². The molecule has 1 aromatic heterocycles. The Hall–Kier alpha value is -2.69. The number of nitrogens with zero attached hydrogens (tertiary/aromatic N) is 1. The molecule has 1 aromatic carbocycles. The van der Waals surface area contributed by atoms with E-state index in [-0.39, 0.29) is 5.91 Å². The van der Waals surface area contributed by atoms with E-state index in [1.165, 1.54) is 13.2 Å². The van der Waals surface area contributed by atoms with Gasteiger partial charge in [-0.1, -0.05) is 6.07 Å². The maximum Gasteiger partial charge on any atom is 0.337 e. The van der Waals surface area contributed by atoms with E-state index < -0.39 is 5.97 Å². The largest absolute Gasteiger partial charge is 0.465 e. The molecule has 20 heavy (non-hydrogen) atoms. The van der Waals surface area contributed by atoms with Gasteiger partial charge in [0.1, 0.15) is 5.82 Å². The lowest BCUT2D eigenvalue weighted by molar-refractivity contribution is 0.0600. The van der Waals surface area contributed by atoms with Gasteiger partial charge in [-0.15, -0.1) is 0 Å². The number of pyridine rings is 1. The highest BCUT2D eigenvalue weighted by molar-refractivity contribution is 6.05. The summed E-state index contributed by atoms with van der Waals surface area (Å²) in [6, 6.07) is 9.93. The Labute approximate surface area is 116 Å². The van der Waals surface area contributed by atoms with Crippen LogP contribution in [0.4, 0.5) is 5.82 Å². The topological polar surface area (TPSA) is 68.3 Å². The van der Waals surface area contributed by atoms with Crippen LogP contribution < -0.4 is 5.32 Å². The Morgan fingerprint density at radius 1 is 1.15 bits per heavy atom. The molecule has 102 valence electrons. The van der Waals surface area contributed by atoms with Crippen LogP contribution in [0.15, 0.2) is 42.6 Å². The third-order valence-electron chi connectivity index (χ3n) is 2.70. The molecule has 0 unspecified atom stereocenters. The van der Waals surface area contributed by atoms with E-state index in [4.69, 9.17) is 0 Å². The molecule has 0 spiro atoms. The molecule has 0 radical (unpaired) electrons. The molecule has 1 heterocycles. The van der Waals surface area contributed by atoms with Crippen molar-refractivity contribution >= 4 is 17.7 Å². The molecule has 5 nitrogen and oxygen atoms in total. The summed E-state index contributed by atoms with van der Waals surface area (Å²) in [7, 11) is 1.30. The number of aromatic nitrogens is 1. The fourth-order valence-electron chi connectivity index (χ4n) is 1.70. The van der Waals surface area contributed by atoms with Gasteiger partial charge in [-0.25, -0.2) is 9.78 Å². The number of methoxy groups -OCH3 is 1. The van der Waals surface area contributed by atoms with Crippen molar-refractivity contribution in [2.75, 3.05) is 12.4 Å². The van der Waals surface area contributed by atoms with Gasteiger partial charge in [-0.3, -0.25) is 4.79 Å². The van der Waals surface area contributed by atoms with Gasteiger partial charge in [0.2, 0.25) is 0 Å². The maximum atomic E-state index is 12.1. The van der Waals surface area contributed by atoms with Gasteiger partial charge in [0.05, 0.1) is 12.7 Å². The molecular formula is C15H14N2O3. The van der Waals surface area contributed by atoms with Crippen LogP contribution in [0, 0.1) is 6.92 Å². The average molecular weight is 270 g/mol. The van der Waals surface area contributed by atoms with E-state index in [2.05, 4.69) is 15.0 Å². The Morgan fingerprint density at radius 2 is 1.90 bits per heavy atom. The van der Waals surface area contributed by atoms with Crippen molar-refractivity contribution in [2.24, 2.45) is 0 Å². The SMILES string of the molecule is COC(=O)c1cccc(C(=O)Nc2cc(C)ccn2)c1. The summed E-state index contributed by atoms with van der Waals surface area (Å²) in [6.07, 6.45) is 1.62. The molecule has 5 heteroatoms. The number of benzene rings is 1. The van der Waals surface area contributed by atoms with Crippen LogP contribution in [0.25, 0.3) is 0 Å². The highest BCUT2D eigenvalue weighted by atomic mass is 16.5. The van der Waals surface area contributed by atoms with Gasteiger partial charge in [0, 0.05) is 11.8 Å². The van der Waals surface area contributed by atoms with E-state index >= 15 is 0 Å². The van der Waals surface area contributed by atoms with Crippen molar-refractivity contribution in [3.05, 3.63) is 59.3 Å². The van der Waals surface area contributed by atoms with Gasteiger partial charge in [-0.05, 0) is 42.8 Å². The summed E-state index contributed by atoms with van der Waals surface area (Å²) in [6.45, 7) is 1.91. The van der Waals surface area contributed by atoms with Crippen molar-refractivity contribution < 1.29 is 14.3 Å². The summed E-state index contributed by atoms with van der Waals surface area (Å²) in [5.41, 5.74) is 1.70. The quantitative estimate of drug-likeness (QED) is 0.870. The first-order valence-corrected chi connectivity index (χ1v) is 6.02. The summed E-state index contributed by atoms with van der Waals surface area (Å²) < 4.78 is 4.62. The molecular weight excluding hydrogens is 256 g/mol. The van der Waals surface area contributed by atoms with E-state index in [1.807, 2.05) is 13.0 Å². The van der Waals surface area contributed by atoms with E-state index in [0.29, 0.717) is 16.9 Å². The van der Waals surface area contributed by atoms with Crippen LogP contribution in [0.2, 0.25) is 0 Å². The summed E-state index contributed by atoms with van der Waals surface area (Å²) in [4.78, 5) is 27.6. The zero-order chi connectivity index (χ0) is 14.5. The minimum Gasteiger partial charge on any atom is -0.465 e. The van der Waals surface area contributed by atoms with Crippen LogP contribution in [0.3, 0.4) is 0 Å². The lowest BCUT2D eigenvalue weighted by Gasteiger charge is -2.06. The normalized spacial score (nSPS) is 9.90. The Balaban J connectivity index is 2.19. The number of nitrogens with one attached hydrogen (secondary N) is 1. The van der Waals surface area contributed by atoms with Gasteiger partial charge >= 0.3 is 5.97 Å². The molecule has 2 aromatic rings. The molecule has 0 saturated carbocycles. The van der Waals surface area contributed by atoms with Crippen molar-refractivity contribution in [1.29, 1.82) is 0 Å². The van der Waals surface area contributed by atoms with Gasteiger partial charge < -0.3 is 10.1 Å². The maximum absolute atomic E-state index is 12.1. The molecule has 0 aliphatic carbocycles.